The summed E-state index contributed by atoms with van der Waals surface area (Å²) in [6.45, 7) is 2.08. The molecule has 1 N–H and O–H groups in total. The molecule has 3 rings (SSSR count). The molecule has 0 spiro atoms. The van der Waals surface area contributed by atoms with E-state index < -0.39 is 11.4 Å². The summed E-state index contributed by atoms with van der Waals surface area (Å²) < 4.78 is 0. The fraction of sp³-hybridized carbons (Fsp3) is 0.421. The monoisotopic (exact) mass is 282 g/mol. The Hall–Kier alpha value is -1.83. The molecule has 1 aliphatic carbocycles. The van der Waals surface area contributed by atoms with Crippen molar-refractivity contribution >= 4 is 16.7 Å². The zero-order valence-electron chi connectivity index (χ0n) is 12.5. The van der Waals surface area contributed by atoms with Gasteiger partial charge in [0.2, 0.25) is 0 Å². The van der Waals surface area contributed by atoms with Crippen LogP contribution in [0.15, 0.2) is 42.5 Å². The zero-order valence-corrected chi connectivity index (χ0v) is 12.5. The normalized spacial score (nSPS) is 25.3. The van der Waals surface area contributed by atoms with E-state index >= 15 is 0 Å². The molecule has 2 atom stereocenters. The first-order chi connectivity index (χ1) is 10.2. The number of aliphatic carboxylic acids is 1. The number of hydrogen-bond donors (Lipinski definition) is 1. The van der Waals surface area contributed by atoms with E-state index in [1.54, 1.807) is 0 Å². The van der Waals surface area contributed by atoms with Crippen molar-refractivity contribution in [1.82, 2.24) is 0 Å². The number of hydrogen-bond acceptors (Lipinski definition) is 1. The summed E-state index contributed by atoms with van der Waals surface area (Å²) in [4.78, 5) is 11.8. The van der Waals surface area contributed by atoms with Gasteiger partial charge >= 0.3 is 5.97 Å². The first-order valence-electron chi connectivity index (χ1n) is 7.87. The molecule has 0 bridgehead atoms. The molecule has 21 heavy (non-hydrogen) atoms. The van der Waals surface area contributed by atoms with Crippen LogP contribution in [0.4, 0.5) is 0 Å². The highest BCUT2D eigenvalue weighted by molar-refractivity contribution is 5.86. The molecule has 0 aromatic heterocycles. The highest BCUT2D eigenvalue weighted by atomic mass is 16.4. The summed E-state index contributed by atoms with van der Waals surface area (Å²) in [7, 11) is 0. The van der Waals surface area contributed by atoms with Crippen molar-refractivity contribution in [2.45, 2.75) is 44.9 Å². The molecule has 1 aliphatic rings. The van der Waals surface area contributed by atoms with Crippen LogP contribution in [0.3, 0.4) is 0 Å². The molecule has 2 aromatic carbocycles. The Bertz CT molecular complexity index is 656. The van der Waals surface area contributed by atoms with Crippen molar-refractivity contribution in [3.05, 3.63) is 48.0 Å². The summed E-state index contributed by atoms with van der Waals surface area (Å²) >= 11 is 0. The Morgan fingerprint density at radius 3 is 2.76 bits per heavy atom. The molecular weight excluding hydrogens is 260 g/mol. The van der Waals surface area contributed by atoms with Crippen molar-refractivity contribution in [2.75, 3.05) is 0 Å². The van der Waals surface area contributed by atoms with E-state index in [-0.39, 0.29) is 0 Å². The lowest BCUT2D eigenvalue weighted by molar-refractivity contribution is -0.149. The smallest absolute Gasteiger partial charge is 0.309 e. The van der Waals surface area contributed by atoms with E-state index in [1.165, 1.54) is 16.3 Å². The lowest BCUT2D eigenvalue weighted by atomic mass is 9.80. The Balaban J connectivity index is 1.96. The molecule has 1 fully saturated rings. The molecule has 2 heteroatoms. The van der Waals surface area contributed by atoms with Gasteiger partial charge in [-0.25, -0.2) is 0 Å². The number of fused-ring (bicyclic) bond motifs is 1. The minimum absolute atomic E-state index is 0.374. The van der Waals surface area contributed by atoms with E-state index in [1.807, 2.05) is 0 Å². The molecule has 0 amide bonds. The van der Waals surface area contributed by atoms with Crippen molar-refractivity contribution < 1.29 is 9.90 Å². The van der Waals surface area contributed by atoms with Crippen LogP contribution in [0, 0.1) is 5.41 Å². The molecule has 0 radical (unpaired) electrons. The molecule has 2 nitrogen and oxygen atoms in total. The summed E-state index contributed by atoms with van der Waals surface area (Å²) in [5.41, 5.74) is 0.823. The zero-order chi connectivity index (χ0) is 14.9. The average molecular weight is 282 g/mol. The van der Waals surface area contributed by atoms with Gasteiger partial charge in [-0.05, 0) is 47.9 Å². The van der Waals surface area contributed by atoms with Crippen LogP contribution in [-0.2, 0) is 4.79 Å². The predicted octanol–water partition coefficient (Wildman–Crippen LogP) is 4.98. The number of carboxylic acids is 1. The second-order valence-electron chi connectivity index (χ2n) is 6.34. The summed E-state index contributed by atoms with van der Waals surface area (Å²) in [6, 6.07) is 14.8. The topological polar surface area (TPSA) is 37.3 Å². The van der Waals surface area contributed by atoms with Gasteiger partial charge in [0.15, 0.2) is 0 Å². The van der Waals surface area contributed by atoms with Gasteiger partial charge in [-0.1, -0.05) is 55.8 Å². The Morgan fingerprint density at radius 2 is 2.00 bits per heavy atom. The summed E-state index contributed by atoms with van der Waals surface area (Å²) in [5, 5.41) is 12.2. The third-order valence-electron chi connectivity index (χ3n) is 5.05. The largest absolute Gasteiger partial charge is 0.481 e. The standard InChI is InChI=1S/C19H22O2/c1-2-11-19(18(20)21)12-10-15(13-19)17-9-5-7-14-6-3-4-8-16(14)17/h3-9,15H,2,10-13H2,1H3,(H,20,21)/t15-,19+/m0/s1. The van der Waals surface area contributed by atoms with Crippen molar-refractivity contribution in [1.29, 1.82) is 0 Å². The van der Waals surface area contributed by atoms with Crippen LogP contribution in [0.1, 0.15) is 50.5 Å². The Morgan fingerprint density at radius 1 is 1.24 bits per heavy atom. The highest BCUT2D eigenvalue weighted by Gasteiger charge is 2.45. The third-order valence-corrected chi connectivity index (χ3v) is 5.05. The number of benzene rings is 2. The number of carbonyl (C=O) groups is 1. The number of rotatable bonds is 4. The van der Waals surface area contributed by atoms with Crippen LogP contribution in [0.5, 0.6) is 0 Å². The summed E-state index contributed by atoms with van der Waals surface area (Å²) in [5.74, 6) is -0.231. The van der Waals surface area contributed by atoms with Gasteiger partial charge in [0, 0.05) is 0 Å². The van der Waals surface area contributed by atoms with Crippen molar-refractivity contribution in [3.63, 3.8) is 0 Å². The molecule has 0 heterocycles. The molecule has 110 valence electrons. The first-order valence-corrected chi connectivity index (χ1v) is 7.87. The van der Waals surface area contributed by atoms with E-state index in [0.717, 1.165) is 32.1 Å². The molecular formula is C19H22O2. The van der Waals surface area contributed by atoms with Crippen LogP contribution < -0.4 is 0 Å². The fourth-order valence-electron chi connectivity index (χ4n) is 4.01. The van der Waals surface area contributed by atoms with Gasteiger partial charge in [0.05, 0.1) is 5.41 Å². The van der Waals surface area contributed by atoms with Crippen molar-refractivity contribution in [3.8, 4) is 0 Å². The predicted molar refractivity (Wildman–Crippen MR) is 85.5 cm³/mol. The van der Waals surface area contributed by atoms with Gasteiger partial charge < -0.3 is 5.11 Å². The second kappa shape index (κ2) is 5.51. The van der Waals surface area contributed by atoms with E-state index in [0.29, 0.717) is 5.92 Å². The minimum atomic E-state index is -0.605. The van der Waals surface area contributed by atoms with Crippen LogP contribution in [0.2, 0.25) is 0 Å². The third kappa shape index (κ3) is 2.44. The lowest BCUT2D eigenvalue weighted by Gasteiger charge is -2.24. The first kappa shape index (κ1) is 14.1. The average Bonchev–Trinajstić information content (AvgIpc) is 2.92. The lowest BCUT2D eigenvalue weighted by Crippen LogP contribution is -2.27. The van der Waals surface area contributed by atoms with Crippen LogP contribution >= 0.6 is 0 Å². The van der Waals surface area contributed by atoms with E-state index in [9.17, 15) is 9.90 Å². The number of carboxylic acid groups (broad SMARTS) is 1. The van der Waals surface area contributed by atoms with E-state index in [2.05, 4.69) is 49.4 Å². The highest BCUT2D eigenvalue weighted by Crippen LogP contribution is 2.50. The fourth-order valence-corrected chi connectivity index (χ4v) is 4.01. The van der Waals surface area contributed by atoms with Gasteiger partial charge in [-0.15, -0.1) is 0 Å². The molecule has 1 saturated carbocycles. The van der Waals surface area contributed by atoms with Gasteiger partial charge in [-0.2, -0.15) is 0 Å². The van der Waals surface area contributed by atoms with Gasteiger partial charge in [-0.3, -0.25) is 4.79 Å². The maximum Gasteiger partial charge on any atom is 0.309 e. The second-order valence-corrected chi connectivity index (χ2v) is 6.34. The van der Waals surface area contributed by atoms with Gasteiger partial charge in [0.25, 0.3) is 0 Å². The van der Waals surface area contributed by atoms with Gasteiger partial charge in [0.1, 0.15) is 0 Å². The van der Waals surface area contributed by atoms with E-state index in [4.69, 9.17) is 0 Å². The summed E-state index contributed by atoms with van der Waals surface area (Å²) in [6.07, 6.45) is 4.31. The van der Waals surface area contributed by atoms with Crippen molar-refractivity contribution in [2.24, 2.45) is 5.41 Å². The molecule has 0 unspecified atom stereocenters. The quantitative estimate of drug-likeness (QED) is 0.858. The minimum Gasteiger partial charge on any atom is -0.481 e. The Labute approximate surface area is 125 Å². The molecule has 0 aliphatic heterocycles. The molecule has 2 aromatic rings. The SMILES string of the molecule is CCC[C@@]1(C(=O)O)CC[C@H](c2cccc3ccccc23)C1. The van der Waals surface area contributed by atoms with Crippen LogP contribution in [0.25, 0.3) is 10.8 Å². The maximum atomic E-state index is 11.8. The Kier molecular flexibility index (Phi) is 3.71. The molecule has 0 saturated heterocycles. The maximum absolute atomic E-state index is 11.8. The van der Waals surface area contributed by atoms with Crippen LogP contribution in [-0.4, -0.2) is 11.1 Å².